The smallest absolute Gasteiger partial charge is 0.137 e. The van der Waals surface area contributed by atoms with Crippen molar-refractivity contribution in [3.63, 3.8) is 0 Å². The summed E-state index contributed by atoms with van der Waals surface area (Å²) in [6.07, 6.45) is 2.43. The summed E-state index contributed by atoms with van der Waals surface area (Å²) in [6, 6.07) is 18.2. The second-order valence-corrected chi connectivity index (χ2v) is 7.79. The SMILES string of the molecule is CC(C)Oc1ccc(-c2ccnc(Cc3ccc(N4CCOCC4)cc3)n2)cc1C#N. The first-order chi connectivity index (χ1) is 15.1. The van der Waals surface area contributed by atoms with Gasteiger partial charge >= 0.3 is 0 Å². The minimum absolute atomic E-state index is 0.0123. The van der Waals surface area contributed by atoms with Crippen molar-refractivity contribution in [2.45, 2.75) is 26.4 Å². The number of aromatic nitrogens is 2. The van der Waals surface area contributed by atoms with Gasteiger partial charge in [0.05, 0.1) is 30.6 Å². The number of hydrogen-bond donors (Lipinski definition) is 0. The zero-order valence-corrected chi connectivity index (χ0v) is 17.9. The molecule has 2 heterocycles. The Hall–Kier alpha value is -3.43. The predicted molar refractivity (Wildman–Crippen MR) is 120 cm³/mol. The summed E-state index contributed by atoms with van der Waals surface area (Å²) in [4.78, 5) is 11.5. The van der Waals surface area contributed by atoms with Crippen molar-refractivity contribution < 1.29 is 9.47 Å². The summed E-state index contributed by atoms with van der Waals surface area (Å²) in [5, 5.41) is 9.50. The number of nitrogens with zero attached hydrogens (tertiary/aromatic N) is 4. The van der Waals surface area contributed by atoms with Crippen LogP contribution in [0.3, 0.4) is 0 Å². The van der Waals surface area contributed by atoms with Crippen molar-refractivity contribution in [2.75, 3.05) is 31.2 Å². The van der Waals surface area contributed by atoms with E-state index in [0.717, 1.165) is 48.9 Å². The Kier molecular flexibility index (Phi) is 6.44. The summed E-state index contributed by atoms with van der Waals surface area (Å²) in [7, 11) is 0. The number of hydrogen-bond acceptors (Lipinski definition) is 6. The molecule has 6 nitrogen and oxygen atoms in total. The fourth-order valence-corrected chi connectivity index (χ4v) is 3.61. The Morgan fingerprint density at radius 1 is 1.10 bits per heavy atom. The zero-order valence-electron chi connectivity index (χ0n) is 17.9. The fourth-order valence-electron chi connectivity index (χ4n) is 3.61. The molecule has 3 aromatic rings. The Bertz CT molecular complexity index is 1070. The molecule has 31 heavy (non-hydrogen) atoms. The molecule has 1 aromatic heterocycles. The van der Waals surface area contributed by atoms with Gasteiger partial charge in [0.2, 0.25) is 0 Å². The number of anilines is 1. The normalized spacial score (nSPS) is 13.8. The van der Waals surface area contributed by atoms with Gasteiger partial charge in [-0.3, -0.25) is 0 Å². The van der Waals surface area contributed by atoms with Crippen LogP contribution in [0.2, 0.25) is 0 Å². The van der Waals surface area contributed by atoms with Crippen molar-refractivity contribution in [3.05, 3.63) is 71.7 Å². The van der Waals surface area contributed by atoms with Crippen LogP contribution in [0.4, 0.5) is 5.69 Å². The highest BCUT2D eigenvalue weighted by Crippen LogP contribution is 2.26. The molecule has 0 spiro atoms. The Balaban J connectivity index is 1.50. The standard InChI is InChI=1S/C25H26N4O2/c1-18(2)31-24-8-5-20(16-21(24)17-26)23-9-10-27-25(28-23)15-19-3-6-22(7-4-19)29-11-13-30-14-12-29/h3-10,16,18H,11-15H2,1-2H3. The number of rotatable bonds is 6. The molecule has 0 aliphatic carbocycles. The van der Waals surface area contributed by atoms with E-state index in [1.807, 2.05) is 38.1 Å². The monoisotopic (exact) mass is 414 g/mol. The maximum absolute atomic E-state index is 9.50. The maximum atomic E-state index is 9.50. The highest BCUT2D eigenvalue weighted by Gasteiger charge is 2.12. The molecule has 0 atom stereocenters. The van der Waals surface area contributed by atoms with E-state index in [-0.39, 0.29) is 6.10 Å². The van der Waals surface area contributed by atoms with Gasteiger partial charge in [-0.25, -0.2) is 9.97 Å². The van der Waals surface area contributed by atoms with Crippen LogP contribution in [0, 0.1) is 11.3 Å². The van der Waals surface area contributed by atoms with E-state index in [1.165, 1.54) is 5.69 Å². The fraction of sp³-hybridized carbons (Fsp3) is 0.320. The lowest BCUT2D eigenvalue weighted by molar-refractivity contribution is 0.122. The summed E-state index contributed by atoms with van der Waals surface area (Å²) < 4.78 is 11.1. The van der Waals surface area contributed by atoms with Gasteiger partial charge in [-0.05, 0) is 55.8 Å². The average Bonchev–Trinajstić information content (AvgIpc) is 2.80. The molecule has 6 heteroatoms. The van der Waals surface area contributed by atoms with Crippen molar-refractivity contribution in [3.8, 4) is 23.1 Å². The van der Waals surface area contributed by atoms with Crippen molar-refractivity contribution >= 4 is 5.69 Å². The van der Waals surface area contributed by atoms with Gasteiger partial charge in [0.25, 0.3) is 0 Å². The average molecular weight is 415 g/mol. The molecule has 0 N–H and O–H groups in total. The third kappa shape index (κ3) is 5.19. The highest BCUT2D eigenvalue weighted by molar-refractivity contribution is 5.64. The van der Waals surface area contributed by atoms with Gasteiger partial charge in [-0.2, -0.15) is 5.26 Å². The summed E-state index contributed by atoms with van der Waals surface area (Å²) >= 11 is 0. The Labute approximate surface area is 183 Å². The van der Waals surface area contributed by atoms with E-state index >= 15 is 0 Å². The van der Waals surface area contributed by atoms with Crippen LogP contribution >= 0.6 is 0 Å². The van der Waals surface area contributed by atoms with Crippen LogP contribution in [0.15, 0.2) is 54.7 Å². The minimum Gasteiger partial charge on any atom is -0.490 e. The summed E-state index contributed by atoms with van der Waals surface area (Å²) in [6.45, 7) is 7.30. The largest absolute Gasteiger partial charge is 0.490 e. The van der Waals surface area contributed by atoms with Crippen LogP contribution in [0.5, 0.6) is 5.75 Å². The molecular formula is C25H26N4O2. The molecule has 0 bridgehead atoms. The summed E-state index contributed by atoms with van der Waals surface area (Å²) in [5.74, 6) is 1.34. The van der Waals surface area contributed by atoms with Crippen LogP contribution in [0.25, 0.3) is 11.3 Å². The molecule has 1 saturated heterocycles. The molecule has 0 saturated carbocycles. The lowest BCUT2D eigenvalue weighted by Gasteiger charge is -2.28. The van der Waals surface area contributed by atoms with Crippen LogP contribution in [0.1, 0.15) is 30.8 Å². The molecule has 0 unspecified atom stereocenters. The second kappa shape index (κ2) is 9.59. The molecular weight excluding hydrogens is 388 g/mol. The molecule has 1 aliphatic heterocycles. The molecule has 1 aliphatic rings. The van der Waals surface area contributed by atoms with Crippen molar-refractivity contribution in [1.29, 1.82) is 5.26 Å². The van der Waals surface area contributed by atoms with Crippen LogP contribution in [-0.2, 0) is 11.2 Å². The van der Waals surface area contributed by atoms with Crippen molar-refractivity contribution in [2.24, 2.45) is 0 Å². The number of nitriles is 1. The Morgan fingerprint density at radius 2 is 1.87 bits per heavy atom. The lowest BCUT2D eigenvalue weighted by Crippen LogP contribution is -2.36. The molecule has 0 radical (unpaired) electrons. The minimum atomic E-state index is 0.0123. The van der Waals surface area contributed by atoms with Gasteiger partial charge in [0, 0.05) is 37.0 Å². The van der Waals surface area contributed by atoms with Crippen LogP contribution in [-0.4, -0.2) is 42.4 Å². The van der Waals surface area contributed by atoms with Gasteiger partial charge in [-0.15, -0.1) is 0 Å². The number of ether oxygens (including phenoxy) is 2. The van der Waals surface area contributed by atoms with E-state index < -0.39 is 0 Å². The Morgan fingerprint density at radius 3 is 2.58 bits per heavy atom. The number of benzene rings is 2. The highest BCUT2D eigenvalue weighted by atomic mass is 16.5. The van der Waals surface area contributed by atoms with E-state index in [9.17, 15) is 5.26 Å². The maximum Gasteiger partial charge on any atom is 0.137 e. The van der Waals surface area contributed by atoms with E-state index in [4.69, 9.17) is 14.5 Å². The first kappa shape index (κ1) is 20.8. The third-order valence-corrected chi connectivity index (χ3v) is 5.14. The lowest BCUT2D eigenvalue weighted by atomic mass is 10.1. The molecule has 158 valence electrons. The van der Waals surface area contributed by atoms with E-state index in [0.29, 0.717) is 17.7 Å². The van der Waals surface area contributed by atoms with E-state index in [2.05, 4.69) is 40.2 Å². The van der Waals surface area contributed by atoms with Gasteiger partial charge in [0.15, 0.2) is 0 Å². The molecule has 0 amide bonds. The zero-order chi connectivity index (χ0) is 21.6. The first-order valence-corrected chi connectivity index (χ1v) is 10.6. The topological polar surface area (TPSA) is 71.3 Å². The number of morpholine rings is 1. The molecule has 4 rings (SSSR count). The van der Waals surface area contributed by atoms with Gasteiger partial charge in [-0.1, -0.05) is 12.1 Å². The third-order valence-electron chi connectivity index (χ3n) is 5.14. The van der Waals surface area contributed by atoms with Gasteiger partial charge < -0.3 is 14.4 Å². The molecule has 2 aromatic carbocycles. The van der Waals surface area contributed by atoms with Crippen LogP contribution < -0.4 is 9.64 Å². The molecule has 1 fully saturated rings. The first-order valence-electron chi connectivity index (χ1n) is 10.6. The predicted octanol–water partition coefficient (Wildman–Crippen LogP) is 4.23. The van der Waals surface area contributed by atoms with Crippen molar-refractivity contribution in [1.82, 2.24) is 9.97 Å². The quantitative estimate of drug-likeness (QED) is 0.601. The second-order valence-electron chi connectivity index (χ2n) is 7.79. The summed E-state index contributed by atoms with van der Waals surface area (Å²) in [5.41, 5.74) is 4.55. The van der Waals surface area contributed by atoms with Gasteiger partial charge in [0.1, 0.15) is 17.6 Å². The van der Waals surface area contributed by atoms with E-state index in [1.54, 1.807) is 6.20 Å².